The molecule has 0 aromatic carbocycles. The molecule has 0 amide bonds. The third-order valence-electron chi connectivity index (χ3n) is 1.73. The van der Waals surface area contributed by atoms with Crippen LogP contribution in [0.2, 0.25) is 0 Å². The Balaban J connectivity index is 5.47. The summed E-state index contributed by atoms with van der Waals surface area (Å²) >= 11 is 0. The van der Waals surface area contributed by atoms with Gasteiger partial charge in [0.05, 0.1) is 26.9 Å². The highest BCUT2D eigenvalue weighted by molar-refractivity contribution is 7.82. The SMILES string of the molecule is CCO[P+](=O)C(OS(=O)(=O)OC)P(=O)(OCC)OCC. The first kappa shape index (κ1) is 20.1. The summed E-state index contributed by atoms with van der Waals surface area (Å²) in [6.07, 6.45) is 0. The van der Waals surface area contributed by atoms with Gasteiger partial charge in [0.25, 0.3) is 0 Å². The first-order valence-electron chi connectivity index (χ1n) is 5.73. The van der Waals surface area contributed by atoms with Crippen LogP contribution in [0.15, 0.2) is 0 Å². The second-order valence-corrected chi connectivity index (χ2v) is 8.19. The van der Waals surface area contributed by atoms with Crippen LogP contribution in [-0.4, -0.2) is 40.9 Å². The van der Waals surface area contributed by atoms with Crippen LogP contribution in [0.25, 0.3) is 0 Å². The van der Waals surface area contributed by atoms with E-state index in [-0.39, 0.29) is 19.8 Å². The average molecular weight is 353 g/mol. The van der Waals surface area contributed by atoms with Crippen molar-refractivity contribution in [2.75, 3.05) is 26.9 Å². The lowest BCUT2D eigenvalue weighted by Crippen LogP contribution is -2.20. The summed E-state index contributed by atoms with van der Waals surface area (Å²) in [5.74, 6) is 0. The molecule has 12 heteroatoms. The third-order valence-corrected chi connectivity index (χ3v) is 7.13. The van der Waals surface area contributed by atoms with Crippen molar-refractivity contribution in [2.45, 2.75) is 26.4 Å². The van der Waals surface area contributed by atoms with Gasteiger partial charge in [-0.3, -0.25) is 8.75 Å². The van der Waals surface area contributed by atoms with Crippen LogP contribution in [0, 0.1) is 0 Å². The fourth-order valence-electron chi connectivity index (χ4n) is 1.06. The quantitative estimate of drug-likeness (QED) is 0.516. The summed E-state index contributed by atoms with van der Waals surface area (Å²) in [5, 5.41) is 0. The highest BCUT2D eigenvalue weighted by atomic mass is 32.3. The molecule has 0 radical (unpaired) electrons. The number of hydrogen-bond acceptors (Lipinski definition) is 9. The Morgan fingerprint density at radius 1 is 1.10 bits per heavy atom. The van der Waals surface area contributed by atoms with E-state index in [2.05, 4.69) is 8.37 Å². The van der Waals surface area contributed by atoms with Crippen LogP contribution >= 0.6 is 15.6 Å². The summed E-state index contributed by atoms with van der Waals surface area (Å²) in [7, 11) is -10.5. The minimum absolute atomic E-state index is 0.000341. The molecule has 0 saturated heterocycles. The molecule has 0 heterocycles. The Kier molecular flexibility index (Phi) is 9.21. The molecule has 0 bridgehead atoms. The summed E-state index contributed by atoms with van der Waals surface area (Å²) in [6, 6.07) is 0. The van der Waals surface area contributed by atoms with Gasteiger partial charge in [0.15, 0.2) is 0 Å². The molecule has 0 aliphatic heterocycles. The minimum Gasteiger partial charge on any atom is -0.304 e. The molecule has 20 heavy (non-hydrogen) atoms. The van der Waals surface area contributed by atoms with Crippen molar-refractivity contribution in [1.29, 1.82) is 0 Å². The van der Waals surface area contributed by atoms with E-state index in [0.29, 0.717) is 0 Å². The van der Waals surface area contributed by atoms with Gasteiger partial charge in [-0.05, 0) is 25.3 Å². The van der Waals surface area contributed by atoms with Crippen molar-refractivity contribution in [3.05, 3.63) is 0 Å². The summed E-state index contributed by atoms with van der Waals surface area (Å²) < 4.78 is 70.2. The Hall–Kier alpha value is 0.0800. The van der Waals surface area contributed by atoms with Gasteiger partial charge in [0.2, 0.25) is 0 Å². The van der Waals surface area contributed by atoms with Crippen molar-refractivity contribution in [3.8, 4) is 0 Å². The maximum Gasteiger partial charge on any atom is 0.555 e. The first-order chi connectivity index (χ1) is 9.26. The normalized spacial score (nSPS) is 15.1. The molecular weight excluding hydrogens is 334 g/mol. The van der Waals surface area contributed by atoms with E-state index in [1.807, 2.05) is 0 Å². The van der Waals surface area contributed by atoms with Crippen molar-refractivity contribution >= 4 is 26.0 Å². The maximum atomic E-state index is 12.5. The molecule has 9 nitrogen and oxygen atoms in total. The molecule has 0 aliphatic carbocycles. The third kappa shape index (κ3) is 6.24. The minimum atomic E-state index is -4.50. The molecule has 0 rings (SSSR count). The first-order valence-corrected chi connectivity index (χ1v) is 9.92. The standard InChI is InChI=1S/C8H19O9P2S/c1-5-14-18(9)8(17-20(11,12)13-4)19(10,15-6-2)16-7-3/h8H,5-7H2,1-4H3/q+1. The fraction of sp³-hybridized carbons (Fsp3) is 1.00. The van der Waals surface area contributed by atoms with Crippen LogP contribution < -0.4 is 0 Å². The predicted molar refractivity (Wildman–Crippen MR) is 70.9 cm³/mol. The van der Waals surface area contributed by atoms with Crippen LogP contribution in [0.3, 0.4) is 0 Å². The van der Waals surface area contributed by atoms with Gasteiger partial charge in [-0.15, -0.1) is 4.52 Å². The Morgan fingerprint density at radius 2 is 1.60 bits per heavy atom. The summed E-state index contributed by atoms with van der Waals surface area (Å²) in [4.78, 5) is 0. The number of hydrogen-bond donors (Lipinski definition) is 0. The van der Waals surface area contributed by atoms with Crippen LogP contribution in [0.1, 0.15) is 20.8 Å². The fourth-order valence-corrected chi connectivity index (χ4v) is 5.64. The van der Waals surface area contributed by atoms with Gasteiger partial charge in [0, 0.05) is 0 Å². The lowest BCUT2D eigenvalue weighted by Gasteiger charge is -2.18. The Morgan fingerprint density at radius 3 is 1.95 bits per heavy atom. The second kappa shape index (κ2) is 9.17. The lowest BCUT2D eigenvalue weighted by atomic mass is 10.9. The van der Waals surface area contributed by atoms with Gasteiger partial charge in [-0.1, -0.05) is 0 Å². The summed E-state index contributed by atoms with van der Waals surface area (Å²) in [5.41, 5.74) is -1.93. The zero-order chi connectivity index (χ0) is 15.8. The largest absolute Gasteiger partial charge is 0.555 e. The van der Waals surface area contributed by atoms with E-state index in [4.69, 9.17) is 13.6 Å². The maximum absolute atomic E-state index is 12.5. The molecule has 0 aromatic heterocycles. The molecule has 0 N–H and O–H groups in total. The molecule has 0 aliphatic rings. The van der Waals surface area contributed by atoms with Crippen molar-refractivity contribution < 1.29 is 39.5 Å². The Labute approximate surface area is 119 Å². The van der Waals surface area contributed by atoms with Crippen LogP contribution in [-0.2, 0) is 41.5 Å². The van der Waals surface area contributed by atoms with E-state index in [1.54, 1.807) is 0 Å². The topological polar surface area (TPSA) is 114 Å². The van der Waals surface area contributed by atoms with Gasteiger partial charge in [0.1, 0.15) is 0 Å². The highest BCUT2D eigenvalue weighted by Gasteiger charge is 2.55. The van der Waals surface area contributed by atoms with Gasteiger partial charge < -0.3 is 9.05 Å². The molecule has 0 aromatic rings. The number of rotatable bonds is 11. The van der Waals surface area contributed by atoms with E-state index in [1.165, 1.54) is 20.8 Å². The molecular formula is C8H19O9P2S+. The van der Waals surface area contributed by atoms with E-state index in [9.17, 15) is 17.5 Å². The predicted octanol–water partition coefficient (Wildman–Crippen LogP) is 2.22. The smallest absolute Gasteiger partial charge is 0.304 e. The van der Waals surface area contributed by atoms with Gasteiger partial charge in [-0.25, -0.2) is 0 Å². The molecule has 0 saturated carbocycles. The van der Waals surface area contributed by atoms with Crippen molar-refractivity contribution in [1.82, 2.24) is 0 Å². The van der Waals surface area contributed by atoms with Crippen molar-refractivity contribution in [2.24, 2.45) is 0 Å². The van der Waals surface area contributed by atoms with E-state index < -0.39 is 31.6 Å². The zero-order valence-electron chi connectivity index (χ0n) is 11.7. The lowest BCUT2D eigenvalue weighted by molar-refractivity contribution is 0.169. The summed E-state index contributed by atoms with van der Waals surface area (Å²) in [6.45, 7) is 4.45. The highest BCUT2D eigenvalue weighted by Crippen LogP contribution is 2.62. The molecule has 120 valence electrons. The van der Waals surface area contributed by atoms with Gasteiger partial charge >= 0.3 is 31.6 Å². The van der Waals surface area contributed by atoms with Crippen molar-refractivity contribution in [3.63, 3.8) is 0 Å². The molecule has 0 spiro atoms. The van der Waals surface area contributed by atoms with E-state index in [0.717, 1.165) is 7.11 Å². The molecule has 2 unspecified atom stereocenters. The Bertz CT molecular complexity index is 439. The van der Waals surface area contributed by atoms with E-state index >= 15 is 0 Å². The molecule has 0 fully saturated rings. The zero-order valence-corrected chi connectivity index (χ0v) is 14.3. The second-order valence-electron chi connectivity index (χ2n) is 3.08. The van der Waals surface area contributed by atoms with Gasteiger partial charge in [-0.2, -0.15) is 12.6 Å². The monoisotopic (exact) mass is 353 g/mol. The van der Waals surface area contributed by atoms with Crippen LogP contribution in [0.4, 0.5) is 0 Å². The molecule has 2 atom stereocenters. The average Bonchev–Trinajstić information content (AvgIpc) is 2.37. The van der Waals surface area contributed by atoms with Crippen LogP contribution in [0.5, 0.6) is 0 Å².